The third-order valence-corrected chi connectivity index (χ3v) is 3.18. The minimum atomic E-state index is -0.112. The van der Waals surface area contributed by atoms with Gasteiger partial charge in [-0.1, -0.05) is 12.1 Å². The fourth-order valence-corrected chi connectivity index (χ4v) is 2.15. The minimum absolute atomic E-state index is 0.109. The zero-order chi connectivity index (χ0) is 13.1. The van der Waals surface area contributed by atoms with E-state index in [1.54, 1.807) is 6.07 Å². The van der Waals surface area contributed by atoms with Gasteiger partial charge in [-0.3, -0.25) is 14.5 Å². The van der Waals surface area contributed by atoms with E-state index in [1.807, 2.05) is 25.1 Å². The van der Waals surface area contributed by atoms with Crippen molar-refractivity contribution in [2.45, 2.75) is 38.6 Å². The molecule has 1 aliphatic rings. The summed E-state index contributed by atoms with van der Waals surface area (Å²) in [7, 11) is 0. The van der Waals surface area contributed by atoms with E-state index in [0.717, 1.165) is 18.4 Å². The topological polar surface area (TPSA) is 63.4 Å². The summed E-state index contributed by atoms with van der Waals surface area (Å²) in [5.41, 5.74) is 7.39. The number of nitrogens with two attached hydrogens (primary N) is 1. The van der Waals surface area contributed by atoms with Crippen molar-refractivity contribution in [1.82, 2.24) is 0 Å². The van der Waals surface area contributed by atoms with Crippen LogP contribution in [0, 0.1) is 0 Å². The maximum Gasteiger partial charge on any atom is 0.233 e. The fourth-order valence-electron chi connectivity index (χ4n) is 2.15. The molecule has 96 valence electrons. The third kappa shape index (κ3) is 2.59. The second-order valence-electron chi connectivity index (χ2n) is 4.71. The molecule has 2 rings (SSSR count). The van der Waals surface area contributed by atoms with Crippen LogP contribution < -0.4 is 10.6 Å². The van der Waals surface area contributed by atoms with Gasteiger partial charge in [0.2, 0.25) is 11.8 Å². The number of hydrogen-bond acceptors (Lipinski definition) is 3. The van der Waals surface area contributed by atoms with Gasteiger partial charge in [0.25, 0.3) is 0 Å². The van der Waals surface area contributed by atoms with Crippen LogP contribution in [-0.2, 0) is 9.59 Å². The standard InChI is InChI=1S/C14H18N2O2/c1-10(15)11-5-4-6-12(9-11)16-13(17)7-2-3-8-14(16)18/h4-6,9-10H,2-3,7-8,15H2,1H3. The molecule has 2 amide bonds. The summed E-state index contributed by atoms with van der Waals surface area (Å²) in [5, 5.41) is 0. The summed E-state index contributed by atoms with van der Waals surface area (Å²) in [6, 6.07) is 7.24. The molecule has 4 nitrogen and oxygen atoms in total. The van der Waals surface area contributed by atoms with E-state index in [-0.39, 0.29) is 17.9 Å². The van der Waals surface area contributed by atoms with Gasteiger partial charge in [-0.25, -0.2) is 0 Å². The van der Waals surface area contributed by atoms with E-state index >= 15 is 0 Å². The molecular weight excluding hydrogens is 228 g/mol. The van der Waals surface area contributed by atoms with E-state index in [4.69, 9.17) is 5.73 Å². The Kier molecular flexibility index (Phi) is 3.77. The quantitative estimate of drug-likeness (QED) is 0.813. The summed E-state index contributed by atoms with van der Waals surface area (Å²) >= 11 is 0. The summed E-state index contributed by atoms with van der Waals surface area (Å²) in [4.78, 5) is 25.3. The molecule has 0 bridgehead atoms. The molecule has 2 N–H and O–H groups in total. The smallest absolute Gasteiger partial charge is 0.233 e. The van der Waals surface area contributed by atoms with Crippen molar-refractivity contribution in [1.29, 1.82) is 0 Å². The molecule has 0 aliphatic carbocycles. The number of carbonyl (C=O) groups excluding carboxylic acids is 2. The van der Waals surface area contributed by atoms with Gasteiger partial charge in [0.15, 0.2) is 0 Å². The average Bonchev–Trinajstić information content (AvgIpc) is 2.51. The van der Waals surface area contributed by atoms with Crippen LogP contribution in [0.1, 0.15) is 44.2 Å². The van der Waals surface area contributed by atoms with Crippen molar-refractivity contribution in [3.05, 3.63) is 29.8 Å². The number of carbonyl (C=O) groups is 2. The largest absolute Gasteiger partial charge is 0.324 e. The van der Waals surface area contributed by atoms with Gasteiger partial charge in [-0.2, -0.15) is 0 Å². The molecule has 4 heteroatoms. The van der Waals surface area contributed by atoms with Crippen LogP contribution in [0.2, 0.25) is 0 Å². The molecule has 0 radical (unpaired) electrons. The maximum atomic E-state index is 12.0. The second kappa shape index (κ2) is 5.31. The Morgan fingerprint density at radius 2 is 1.78 bits per heavy atom. The highest BCUT2D eigenvalue weighted by Gasteiger charge is 2.25. The van der Waals surface area contributed by atoms with Crippen LogP contribution in [0.5, 0.6) is 0 Å². The predicted molar refractivity (Wildman–Crippen MR) is 70.0 cm³/mol. The third-order valence-electron chi connectivity index (χ3n) is 3.18. The van der Waals surface area contributed by atoms with Crippen LogP contribution in [0.3, 0.4) is 0 Å². The fraction of sp³-hybridized carbons (Fsp3) is 0.429. The molecule has 1 fully saturated rings. The van der Waals surface area contributed by atoms with Crippen LogP contribution in [0.4, 0.5) is 5.69 Å². The lowest BCUT2D eigenvalue weighted by Crippen LogP contribution is -2.35. The first-order valence-electron chi connectivity index (χ1n) is 6.31. The van der Waals surface area contributed by atoms with E-state index in [0.29, 0.717) is 18.5 Å². The Bertz CT molecular complexity index is 451. The molecule has 0 aromatic heterocycles. The van der Waals surface area contributed by atoms with Crippen molar-refractivity contribution in [2.75, 3.05) is 4.90 Å². The number of amides is 2. The summed E-state index contributed by atoms with van der Waals surface area (Å²) in [5.74, 6) is -0.223. The van der Waals surface area contributed by atoms with E-state index in [2.05, 4.69) is 0 Å². The zero-order valence-corrected chi connectivity index (χ0v) is 10.6. The van der Waals surface area contributed by atoms with E-state index in [9.17, 15) is 9.59 Å². The average molecular weight is 246 g/mol. The molecule has 1 aromatic rings. The summed E-state index contributed by atoms with van der Waals surface area (Å²) in [6.45, 7) is 1.88. The number of rotatable bonds is 2. The number of nitrogens with zero attached hydrogens (tertiary/aromatic N) is 1. The van der Waals surface area contributed by atoms with Gasteiger partial charge in [-0.15, -0.1) is 0 Å². The first-order valence-corrected chi connectivity index (χ1v) is 6.31. The molecular formula is C14H18N2O2. The molecule has 1 atom stereocenters. The molecule has 1 aromatic carbocycles. The first kappa shape index (κ1) is 12.8. The highest BCUT2D eigenvalue weighted by molar-refractivity contribution is 6.15. The predicted octanol–water partition coefficient (Wildman–Crippen LogP) is 2.14. The number of imide groups is 1. The number of hydrogen-bond donors (Lipinski definition) is 1. The highest BCUT2D eigenvalue weighted by Crippen LogP contribution is 2.24. The van der Waals surface area contributed by atoms with Gasteiger partial charge in [0, 0.05) is 18.9 Å². The minimum Gasteiger partial charge on any atom is -0.324 e. The van der Waals surface area contributed by atoms with E-state index < -0.39 is 0 Å². The van der Waals surface area contributed by atoms with Crippen molar-refractivity contribution in [3.63, 3.8) is 0 Å². The number of anilines is 1. The van der Waals surface area contributed by atoms with Crippen LogP contribution in [0.15, 0.2) is 24.3 Å². The first-order chi connectivity index (χ1) is 8.59. The van der Waals surface area contributed by atoms with Crippen LogP contribution >= 0.6 is 0 Å². The molecule has 1 saturated heterocycles. The zero-order valence-electron chi connectivity index (χ0n) is 10.6. The molecule has 1 heterocycles. The molecule has 0 spiro atoms. The van der Waals surface area contributed by atoms with Gasteiger partial charge in [0.1, 0.15) is 0 Å². The highest BCUT2D eigenvalue weighted by atomic mass is 16.2. The Labute approximate surface area is 107 Å². The lowest BCUT2D eigenvalue weighted by molar-refractivity contribution is -0.125. The summed E-state index contributed by atoms with van der Waals surface area (Å²) in [6.07, 6.45) is 2.45. The van der Waals surface area contributed by atoms with Crippen molar-refractivity contribution in [2.24, 2.45) is 5.73 Å². The van der Waals surface area contributed by atoms with Crippen molar-refractivity contribution < 1.29 is 9.59 Å². The van der Waals surface area contributed by atoms with Crippen molar-refractivity contribution in [3.8, 4) is 0 Å². The molecule has 18 heavy (non-hydrogen) atoms. The van der Waals surface area contributed by atoms with Gasteiger partial charge in [-0.05, 0) is 37.5 Å². The Balaban J connectivity index is 2.36. The Morgan fingerprint density at radius 3 is 2.33 bits per heavy atom. The SMILES string of the molecule is CC(N)c1cccc(N2C(=O)CCCCC2=O)c1. The van der Waals surface area contributed by atoms with Gasteiger partial charge < -0.3 is 5.73 Å². The lowest BCUT2D eigenvalue weighted by atomic mass is 10.1. The molecule has 0 saturated carbocycles. The van der Waals surface area contributed by atoms with Gasteiger partial charge in [0.05, 0.1) is 5.69 Å². The number of benzene rings is 1. The lowest BCUT2D eigenvalue weighted by Gasteiger charge is -2.20. The second-order valence-corrected chi connectivity index (χ2v) is 4.71. The summed E-state index contributed by atoms with van der Waals surface area (Å²) < 4.78 is 0. The van der Waals surface area contributed by atoms with Crippen molar-refractivity contribution >= 4 is 17.5 Å². The van der Waals surface area contributed by atoms with Crippen LogP contribution in [0.25, 0.3) is 0 Å². The molecule has 1 aliphatic heterocycles. The molecule has 1 unspecified atom stereocenters. The maximum absolute atomic E-state index is 12.0. The normalized spacial score (nSPS) is 18.7. The monoisotopic (exact) mass is 246 g/mol. The Hall–Kier alpha value is -1.68. The Morgan fingerprint density at radius 1 is 1.17 bits per heavy atom. The van der Waals surface area contributed by atoms with Crippen LogP contribution in [-0.4, -0.2) is 11.8 Å². The van der Waals surface area contributed by atoms with Gasteiger partial charge >= 0.3 is 0 Å². The van der Waals surface area contributed by atoms with E-state index in [1.165, 1.54) is 4.90 Å².